The number of piperidine rings is 2. The number of aromatic nitrogens is 3. The van der Waals surface area contributed by atoms with Crippen LogP contribution < -0.4 is 0 Å². The first-order chi connectivity index (χ1) is 11.7. The molecular formula is C17H27N5O2. The molecule has 0 aliphatic carbocycles. The number of rotatable bonds is 3. The summed E-state index contributed by atoms with van der Waals surface area (Å²) in [6.45, 7) is 7.47. The van der Waals surface area contributed by atoms with Crippen LogP contribution in [0, 0.1) is 5.92 Å². The average Bonchev–Trinajstić information content (AvgIpc) is 3.09. The molecule has 0 aromatic carbocycles. The van der Waals surface area contributed by atoms with E-state index in [1.54, 1.807) is 6.20 Å². The molecule has 2 fully saturated rings. The normalized spacial score (nSPS) is 28.5. The first-order valence-electron chi connectivity index (χ1n) is 9.21. The smallest absolute Gasteiger partial charge is 0.223 e. The molecule has 1 aromatic rings. The summed E-state index contributed by atoms with van der Waals surface area (Å²) in [5.74, 6) is 1.07. The van der Waals surface area contributed by atoms with Crippen LogP contribution in [0.5, 0.6) is 0 Å². The van der Waals surface area contributed by atoms with Crippen molar-refractivity contribution in [1.82, 2.24) is 24.8 Å². The van der Waals surface area contributed by atoms with Gasteiger partial charge in [-0.25, -0.2) is 4.68 Å². The zero-order chi connectivity index (χ0) is 16.5. The lowest BCUT2D eigenvalue weighted by Gasteiger charge is -2.41. The summed E-state index contributed by atoms with van der Waals surface area (Å²) in [7, 11) is 0. The molecule has 0 saturated carbocycles. The zero-order valence-corrected chi connectivity index (χ0v) is 14.4. The molecule has 4 rings (SSSR count). The second kappa shape index (κ2) is 6.80. The molecule has 0 unspecified atom stereocenters. The maximum absolute atomic E-state index is 12.4. The van der Waals surface area contributed by atoms with Gasteiger partial charge in [0.25, 0.3) is 0 Å². The van der Waals surface area contributed by atoms with E-state index in [2.05, 4.69) is 22.1 Å². The Morgan fingerprint density at radius 2 is 2.12 bits per heavy atom. The number of amides is 1. The third-order valence-corrected chi connectivity index (χ3v) is 5.79. The molecule has 7 nitrogen and oxygen atoms in total. The van der Waals surface area contributed by atoms with E-state index in [-0.39, 0.29) is 12.1 Å². The molecule has 4 heterocycles. The fourth-order valence-corrected chi connectivity index (χ4v) is 4.12. The second-order valence-corrected chi connectivity index (χ2v) is 7.49. The third-order valence-electron chi connectivity index (χ3n) is 5.79. The number of likely N-dealkylation sites (tertiary alicyclic amines) is 2. The molecule has 3 aliphatic heterocycles. The number of fused-ring (bicyclic) bond motifs is 3. The fraction of sp³-hybridized carbons (Fsp3) is 0.824. The maximum Gasteiger partial charge on any atom is 0.223 e. The average molecular weight is 333 g/mol. The van der Waals surface area contributed by atoms with E-state index in [9.17, 15) is 4.79 Å². The van der Waals surface area contributed by atoms with Crippen molar-refractivity contribution in [2.75, 3.05) is 32.7 Å². The standard InChI is InChI=1S/C17H27N5O2/c1-13-2-8-21(9-3-13)17(23)5-7-20-6-4-16-15(11-20)22-14(12-24-16)10-18-19-22/h10,13,15-16H,2-9,11-12H2,1H3/t15-,16-/m0/s1. The van der Waals surface area contributed by atoms with Crippen molar-refractivity contribution < 1.29 is 9.53 Å². The first kappa shape index (κ1) is 16.0. The molecular weight excluding hydrogens is 306 g/mol. The molecule has 3 aliphatic rings. The molecule has 132 valence electrons. The SMILES string of the molecule is CC1CCN(C(=O)CCN2CC[C@@H]3OCc4cnnn4[C@H]3C2)CC1. The number of carbonyl (C=O) groups is 1. The van der Waals surface area contributed by atoms with Gasteiger partial charge in [0.1, 0.15) is 0 Å². The summed E-state index contributed by atoms with van der Waals surface area (Å²) in [6, 6.07) is 0.232. The number of nitrogens with zero attached hydrogens (tertiary/aromatic N) is 5. The van der Waals surface area contributed by atoms with E-state index in [0.29, 0.717) is 18.9 Å². The Kier molecular flexibility index (Phi) is 4.54. The lowest BCUT2D eigenvalue weighted by Crippen LogP contribution is -2.49. The van der Waals surface area contributed by atoms with Crippen molar-refractivity contribution in [3.63, 3.8) is 0 Å². The quantitative estimate of drug-likeness (QED) is 0.828. The van der Waals surface area contributed by atoms with Crippen LogP contribution in [0.25, 0.3) is 0 Å². The summed E-state index contributed by atoms with van der Waals surface area (Å²) in [6.07, 6.45) is 5.93. The highest BCUT2D eigenvalue weighted by Crippen LogP contribution is 2.30. The predicted octanol–water partition coefficient (Wildman–Crippen LogP) is 1.07. The minimum atomic E-state index is 0.231. The van der Waals surface area contributed by atoms with Crippen molar-refractivity contribution in [2.24, 2.45) is 5.92 Å². The van der Waals surface area contributed by atoms with Crippen LogP contribution in [0.1, 0.15) is 44.3 Å². The number of ether oxygens (including phenoxy) is 1. The molecule has 2 atom stereocenters. The van der Waals surface area contributed by atoms with Gasteiger partial charge in [0.05, 0.1) is 30.6 Å². The van der Waals surface area contributed by atoms with Gasteiger partial charge < -0.3 is 14.5 Å². The van der Waals surface area contributed by atoms with Gasteiger partial charge in [0.15, 0.2) is 0 Å². The summed E-state index contributed by atoms with van der Waals surface area (Å²) in [5, 5.41) is 8.25. The van der Waals surface area contributed by atoms with Gasteiger partial charge in [-0.2, -0.15) is 0 Å². The van der Waals surface area contributed by atoms with Gasteiger partial charge in [-0.1, -0.05) is 12.1 Å². The summed E-state index contributed by atoms with van der Waals surface area (Å²) >= 11 is 0. The molecule has 1 amide bonds. The minimum absolute atomic E-state index is 0.231. The lowest BCUT2D eigenvalue weighted by molar-refractivity contribution is -0.133. The molecule has 0 radical (unpaired) electrons. The Hall–Kier alpha value is -1.47. The zero-order valence-electron chi connectivity index (χ0n) is 14.4. The number of hydrogen-bond donors (Lipinski definition) is 0. The largest absolute Gasteiger partial charge is 0.370 e. The first-order valence-corrected chi connectivity index (χ1v) is 9.21. The van der Waals surface area contributed by atoms with Crippen LogP contribution in [-0.2, 0) is 16.1 Å². The van der Waals surface area contributed by atoms with E-state index in [0.717, 1.165) is 63.6 Å². The molecule has 2 saturated heterocycles. The van der Waals surface area contributed by atoms with Crippen LogP contribution >= 0.6 is 0 Å². The van der Waals surface area contributed by atoms with Gasteiger partial charge in [-0.3, -0.25) is 4.79 Å². The predicted molar refractivity (Wildman–Crippen MR) is 88.3 cm³/mol. The monoisotopic (exact) mass is 333 g/mol. The number of carbonyl (C=O) groups excluding carboxylic acids is 1. The van der Waals surface area contributed by atoms with Crippen LogP contribution in [0.3, 0.4) is 0 Å². The summed E-state index contributed by atoms with van der Waals surface area (Å²) in [4.78, 5) is 16.9. The van der Waals surface area contributed by atoms with Crippen LogP contribution in [0.15, 0.2) is 6.20 Å². The Bertz CT molecular complexity index is 581. The summed E-state index contributed by atoms with van der Waals surface area (Å²) < 4.78 is 7.97. The minimum Gasteiger partial charge on any atom is -0.370 e. The lowest BCUT2D eigenvalue weighted by atomic mass is 9.98. The Balaban J connectivity index is 1.30. The van der Waals surface area contributed by atoms with E-state index < -0.39 is 0 Å². The van der Waals surface area contributed by atoms with Crippen molar-refractivity contribution >= 4 is 5.91 Å². The van der Waals surface area contributed by atoms with Crippen molar-refractivity contribution in [1.29, 1.82) is 0 Å². The molecule has 0 bridgehead atoms. The van der Waals surface area contributed by atoms with Crippen LogP contribution in [0.4, 0.5) is 0 Å². The molecule has 0 N–H and O–H groups in total. The Labute approximate surface area is 142 Å². The maximum atomic E-state index is 12.4. The number of hydrogen-bond acceptors (Lipinski definition) is 5. The molecule has 24 heavy (non-hydrogen) atoms. The highest BCUT2D eigenvalue weighted by molar-refractivity contribution is 5.76. The van der Waals surface area contributed by atoms with Gasteiger partial charge in [-0.15, -0.1) is 5.10 Å². The summed E-state index contributed by atoms with van der Waals surface area (Å²) in [5.41, 5.74) is 1.05. The molecule has 0 spiro atoms. The van der Waals surface area contributed by atoms with E-state index in [1.165, 1.54) is 0 Å². The van der Waals surface area contributed by atoms with Crippen molar-refractivity contribution in [2.45, 2.75) is 51.4 Å². The fourth-order valence-electron chi connectivity index (χ4n) is 4.12. The molecule has 7 heteroatoms. The van der Waals surface area contributed by atoms with Gasteiger partial charge in [0, 0.05) is 39.1 Å². The van der Waals surface area contributed by atoms with Gasteiger partial charge in [0.2, 0.25) is 5.91 Å². The highest BCUT2D eigenvalue weighted by atomic mass is 16.5. The van der Waals surface area contributed by atoms with Crippen molar-refractivity contribution in [3.05, 3.63) is 11.9 Å². The van der Waals surface area contributed by atoms with E-state index in [4.69, 9.17) is 4.74 Å². The van der Waals surface area contributed by atoms with E-state index >= 15 is 0 Å². The molecule has 1 aromatic heterocycles. The van der Waals surface area contributed by atoms with Crippen LogP contribution in [-0.4, -0.2) is 69.5 Å². The van der Waals surface area contributed by atoms with Gasteiger partial charge >= 0.3 is 0 Å². The van der Waals surface area contributed by atoms with Crippen molar-refractivity contribution in [3.8, 4) is 0 Å². The van der Waals surface area contributed by atoms with Crippen LogP contribution in [0.2, 0.25) is 0 Å². The Morgan fingerprint density at radius 3 is 2.96 bits per heavy atom. The highest BCUT2D eigenvalue weighted by Gasteiger charge is 2.36. The Morgan fingerprint density at radius 1 is 1.29 bits per heavy atom. The van der Waals surface area contributed by atoms with Gasteiger partial charge in [-0.05, 0) is 25.2 Å². The van der Waals surface area contributed by atoms with E-state index in [1.807, 2.05) is 9.58 Å². The topological polar surface area (TPSA) is 63.5 Å². The third kappa shape index (κ3) is 3.19. The second-order valence-electron chi connectivity index (χ2n) is 7.49.